The van der Waals surface area contributed by atoms with Gasteiger partial charge in [-0.15, -0.1) is 5.10 Å². The van der Waals surface area contributed by atoms with E-state index in [0.717, 1.165) is 11.3 Å². The predicted molar refractivity (Wildman–Crippen MR) is 67.6 cm³/mol. The fraction of sp³-hybridized carbons (Fsp3) is 0.333. The number of tetrazole rings is 1. The lowest BCUT2D eigenvalue weighted by Crippen LogP contribution is -2.11. The molecular formula is C12H15N5O. The number of hydrogen-bond acceptors (Lipinski definition) is 5. The van der Waals surface area contributed by atoms with E-state index in [9.17, 15) is 4.79 Å². The lowest BCUT2D eigenvalue weighted by molar-refractivity contribution is 0.0990. The van der Waals surface area contributed by atoms with Gasteiger partial charge in [-0.2, -0.15) is 0 Å². The number of aromatic nitrogens is 4. The second-order valence-corrected chi connectivity index (χ2v) is 4.12. The van der Waals surface area contributed by atoms with Gasteiger partial charge in [0.2, 0.25) is 0 Å². The van der Waals surface area contributed by atoms with Crippen molar-refractivity contribution in [3.8, 4) is 0 Å². The molecule has 6 heteroatoms. The number of ketones is 1. The monoisotopic (exact) mass is 245 g/mol. The van der Waals surface area contributed by atoms with E-state index in [4.69, 9.17) is 0 Å². The maximum Gasteiger partial charge on any atom is 0.172 e. The van der Waals surface area contributed by atoms with Gasteiger partial charge in [0.15, 0.2) is 11.6 Å². The summed E-state index contributed by atoms with van der Waals surface area (Å²) in [5.74, 6) is 0.560. The first-order valence-corrected chi connectivity index (χ1v) is 5.64. The molecule has 6 nitrogen and oxygen atoms in total. The number of carbonyl (C=O) groups excluding carboxylic acids is 1. The van der Waals surface area contributed by atoms with Crippen LogP contribution in [0.5, 0.6) is 0 Å². The molecule has 0 radical (unpaired) electrons. The van der Waals surface area contributed by atoms with Crippen LogP contribution in [0.2, 0.25) is 0 Å². The molecular weight excluding hydrogens is 230 g/mol. The maximum absolute atomic E-state index is 12.2. The Bertz CT molecular complexity index is 576. The third-order valence-corrected chi connectivity index (χ3v) is 2.77. The number of anilines is 1. The summed E-state index contributed by atoms with van der Waals surface area (Å²) >= 11 is 0. The van der Waals surface area contributed by atoms with E-state index in [1.807, 2.05) is 25.1 Å². The van der Waals surface area contributed by atoms with E-state index in [2.05, 4.69) is 20.8 Å². The van der Waals surface area contributed by atoms with Crippen molar-refractivity contribution in [1.29, 1.82) is 0 Å². The Morgan fingerprint density at radius 2 is 2.22 bits per heavy atom. The van der Waals surface area contributed by atoms with Crippen LogP contribution in [-0.4, -0.2) is 33.0 Å². The molecule has 0 amide bonds. The fourth-order valence-corrected chi connectivity index (χ4v) is 1.74. The predicted octanol–water partition coefficient (Wildman–Crippen LogP) is 0.986. The number of rotatable bonds is 4. The molecule has 1 aromatic heterocycles. The highest BCUT2D eigenvalue weighted by Gasteiger charge is 2.15. The Kier molecular flexibility index (Phi) is 3.36. The minimum absolute atomic E-state index is 0.000880. The topological polar surface area (TPSA) is 72.7 Å². The molecule has 1 N–H and O–H groups in total. The van der Waals surface area contributed by atoms with E-state index in [1.54, 1.807) is 14.1 Å². The van der Waals surface area contributed by atoms with Crippen molar-refractivity contribution in [3.63, 3.8) is 0 Å². The van der Waals surface area contributed by atoms with Crippen LogP contribution in [0.1, 0.15) is 21.7 Å². The van der Waals surface area contributed by atoms with E-state index in [0.29, 0.717) is 11.4 Å². The van der Waals surface area contributed by atoms with Crippen LogP contribution in [0, 0.1) is 6.92 Å². The Labute approximate surface area is 105 Å². The van der Waals surface area contributed by atoms with Gasteiger partial charge in [0.25, 0.3) is 0 Å². The second kappa shape index (κ2) is 4.95. The number of carbonyl (C=O) groups is 1. The molecule has 0 aliphatic heterocycles. The lowest BCUT2D eigenvalue weighted by Gasteiger charge is -2.08. The molecule has 18 heavy (non-hydrogen) atoms. The van der Waals surface area contributed by atoms with E-state index in [1.165, 1.54) is 4.68 Å². The van der Waals surface area contributed by atoms with Crippen LogP contribution >= 0.6 is 0 Å². The largest absolute Gasteiger partial charge is 0.388 e. The lowest BCUT2D eigenvalue weighted by atomic mass is 10.0. The average molecular weight is 245 g/mol. The number of nitrogens with one attached hydrogen (secondary N) is 1. The Hall–Kier alpha value is -2.24. The first-order chi connectivity index (χ1) is 8.61. The normalized spacial score (nSPS) is 10.4. The van der Waals surface area contributed by atoms with Crippen molar-refractivity contribution in [1.82, 2.24) is 20.2 Å². The first-order valence-electron chi connectivity index (χ1n) is 5.64. The maximum atomic E-state index is 12.2. The minimum Gasteiger partial charge on any atom is -0.388 e. The molecule has 1 aromatic carbocycles. The summed E-state index contributed by atoms with van der Waals surface area (Å²) in [6, 6.07) is 5.74. The summed E-state index contributed by atoms with van der Waals surface area (Å²) in [6.45, 7) is 1.96. The molecule has 0 aliphatic carbocycles. The SMILES string of the molecule is CNc1ccc(C)cc1C(=O)Cc1nnnn1C. The number of nitrogens with zero attached hydrogens (tertiary/aromatic N) is 4. The zero-order valence-corrected chi connectivity index (χ0v) is 10.6. The highest BCUT2D eigenvalue weighted by atomic mass is 16.1. The molecule has 0 atom stereocenters. The van der Waals surface area contributed by atoms with Crippen molar-refractivity contribution >= 4 is 11.5 Å². The first kappa shape index (κ1) is 12.2. The molecule has 1 heterocycles. The van der Waals surface area contributed by atoms with Crippen molar-refractivity contribution < 1.29 is 4.79 Å². The smallest absolute Gasteiger partial charge is 0.172 e. The standard InChI is InChI=1S/C12H15N5O/c1-8-4-5-10(13-2)9(6-8)11(18)7-12-14-15-16-17(12)3/h4-6,13H,7H2,1-3H3. The fourth-order valence-electron chi connectivity index (χ4n) is 1.74. The highest BCUT2D eigenvalue weighted by Crippen LogP contribution is 2.18. The van der Waals surface area contributed by atoms with Gasteiger partial charge in [0.1, 0.15) is 0 Å². The zero-order chi connectivity index (χ0) is 13.1. The van der Waals surface area contributed by atoms with E-state index in [-0.39, 0.29) is 12.2 Å². The summed E-state index contributed by atoms with van der Waals surface area (Å²) < 4.78 is 1.51. The van der Waals surface area contributed by atoms with Gasteiger partial charge >= 0.3 is 0 Å². The molecule has 0 saturated carbocycles. The molecule has 94 valence electrons. The van der Waals surface area contributed by atoms with Gasteiger partial charge < -0.3 is 5.32 Å². The van der Waals surface area contributed by atoms with Crippen LogP contribution in [0.3, 0.4) is 0 Å². The van der Waals surface area contributed by atoms with Gasteiger partial charge in [-0.1, -0.05) is 11.6 Å². The van der Waals surface area contributed by atoms with Crippen LogP contribution in [0.4, 0.5) is 5.69 Å². The van der Waals surface area contributed by atoms with Crippen molar-refractivity contribution in [2.75, 3.05) is 12.4 Å². The summed E-state index contributed by atoms with van der Waals surface area (Å²) in [4.78, 5) is 12.2. The molecule has 0 bridgehead atoms. The van der Waals surface area contributed by atoms with Crippen LogP contribution in [-0.2, 0) is 13.5 Å². The Morgan fingerprint density at radius 3 is 2.83 bits per heavy atom. The molecule has 0 unspecified atom stereocenters. The number of aryl methyl sites for hydroxylation is 2. The summed E-state index contributed by atoms with van der Waals surface area (Å²) in [5.41, 5.74) is 2.54. The van der Waals surface area contributed by atoms with Crippen molar-refractivity contribution in [2.45, 2.75) is 13.3 Å². The van der Waals surface area contributed by atoms with Crippen LogP contribution in [0.15, 0.2) is 18.2 Å². The van der Waals surface area contributed by atoms with Gasteiger partial charge in [-0.3, -0.25) is 4.79 Å². The molecule has 2 rings (SSSR count). The summed E-state index contributed by atoms with van der Waals surface area (Å²) in [6.07, 6.45) is 0.196. The van der Waals surface area contributed by atoms with Crippen LogP contribution in [0.25, 0.3) is 0 Å². The third kappa shape index (κ3) is 2.37. The molecule has 0 saturated heterocycles. The molecule has 0 aliphatic rings. The minimum atomic E-state index is 0.000880. The molecule has 0 spiro atoms. The Balaban J connectivity index is 2.29. The van der Waals surface area contributed by atoms with E-state index >= 15 is 0 Å². The number of benzene rings is 1. The second-order valence-electron chi connectivity index (χ2n) is 4.12. The van der Waals surface area contributed by atoms with Crippen LogP contribution < -0.4 is 5.32 Å². The average Bonchev–Trinajstić information content (AvgIpc) is 2.75. The zero-order valence-electron chi connectivity index (χ0n) is 10.6. The van der Waals surface area contributed by atoms with Gasteiger partial charge in [-0.25, -0.2) is 4.68 Å². The number of Topliss-reactive ketones (excluding diaryl/α,β-unsaturated/α-hetero) is 1. The van der Waals surface area contributed by atoms with Crippen molar-refractivity contribution in [2.24, 2.45) is 7.05 Å². The van der Waals surface area contributed by atoms with Gasteiger partial charge in [-0.05, 0) is 29.5 Å². The highest BCUT2D eigenvalue weighted by molar-refractivity contribution is 6.02. The third-order valence-electron chi connectivity index (χ3n) is 2.77. The van der Waals surface area contributed by atoms with E-state index < -0.39 is 0 Å². The summed E-state index contributed by atoms with van der Waals surface area (Å²) in [5, 5.41) is 14.1. The molecule has 2 aromatic rings. The van der Waals surface area contributed by atoms with Crippen molar-refractivity contribution in [3.05, 3.63) is 35.2 Å². The quantitative estimate of drug-likeness (QED) is 0.813. The van der Waals surface area contributed by atoms with Gasteiger partial charge in [0.05, 0.1) is 6.42 Å². The van der Waals surface area contributed by atoms with Gasteiger partial charge in [0, 0.05) is 25.3 Å². The summed E-state index contributed by atoms with van der Waals surface area (Å²) in [7, 11) is 3.52. The Morgan fingerprint density at radius 1 is 1.44 bits per heavy atom. The molecule has 0 fully saturated rings. The number of hydrogen-bond donors (Lipinski definition) is 1.